The number of benzene rings is 1. The Kier molecular flexibility index (Phi) is 5.60. The number of esters is 1. The van der Waals surface area contributed by atoms with Gasteiger partial charge in [0, 0.05) is 11.8 Å². The van der Waals surface area contributed by atoms with Gasteiger partial charge in [-0.1, -0.05) is 37.0 Å². The Morgan fingerprint density at radius 2 is 1.90 bits per heavy atom. The summed E-state index contributed by atoms with van der Waals surface area (Å²) in [6, 6.07) is 2.84. The number of nitrogens with two attached hydrogens (primary N) is 1. The number of hydrogen-bond donors (Lipinski definition) is 1. The lowest BCUT2D eigenvalue weighted by molar-refractivity contribution is 0.0601. The van der Waals surface area contributed by atoms with E-state index in [-0.39, 0.29) is 27.1 Å². The van der Waals surface area contributed by atoms with Crippen molar-refractivity contribution >= 4 is 35.0 Å². The highest BCUT2D eigenvalue weighted by atomic mass is 35.5. The predicted octanol–water partition coefficient (Wildman–Crippen LogP) is 3.46. The standard InChI is InChI=1S/C14H15Cl2NO3/c1-7(2)9(6-17)13(18)11-10(15)5-4-8(12(11)16)14(19)20-3/h4-7H,17H2,1-3H3. The van der Waals surface area contributed by atoms with E-state index in [1.165, 1.54) is 25.4 Å². The summed E-state index contributed by atoms with van der Waals surface area (Å²) < 4.78 is 4.61. The molecule has 0 aliphatic rings. The van der Waals surface area contributed by atoms with Crippen LogP contribution in [0.1, 0.15) is 34.6 Å². The normalized spacial score (nSPS) is 11.6. The SMILES string of the molecule is COC(=O)c1ccc(Cl)c(C(=O)C(=CN)C(C)C)c1Cl. The molecule has 0 radical (unpaired) electrons. The third-order valence-electron chi connectivity index (χ3n) is 2.79. The van der Waals surface area contributed by atoms with Crippen LogP contribution >= 0.6 is 23.2 Å². The molecule has 1 aromatic rings. The minimum atomic E-state index is -0.636. The Labute approximate surface area is 127 Å². The van der Waals surface area contributed by atoms with Gasteiger partial charge in [-0.3, -0.25) is 4.79 Å². The van der Waals surface area contributed by atoms with Crippen molar-refractivity contribution in [3.8, 4) is 0 Å². The van der Waals surface area contributed by atoms with Gasteiger partial charge in [0.25, 0.3) is 0 Å². The number of halogens is 2. The van der Waals surface area contributed by atoms with Gasteiger partial charge in [0.2, 0.25) is 0 Å². The number of hydrogen-bond acceptors (Lipinski definition) is 4. The van der Waals surface area contributed by atoms with Crippen molar-refractivity contribution in [3.05, 3.63) is 45.1 Å². The van der Waals surface area contributed by atoms with Crippen molar-refractivity contribution in [2.75, 3.05) is 7.11 Å². The maximum absolute atomic E-state index is 12.5. The second kappa shape index (κ2) is 6.77. The van der Waals surface area contributed by atoms with Crippen molar-refractivity contribution in [3.63, 3.8) is 0 Å². The molecule has 0 fully saturated rings. The largest absolute Gasteiger partial charge is 0.465 e. The van der Waals surface area contributed by atoms with Gasteiger partial charge in [-0.05, 0) is 18.1 Å². The quantitative estimate of drug-likeness (QED) is 0.525. The number of ether oxygens (including phenoxy) is 1. The second-order valence-electron chi connectivity index (χ2n) is 4.38. The molecule has 108 valence electrons. The number of carbonyl (C=O) groups is 2. The monoisotopic (exact) mass is 315 g/mol. The molecule has 0 aliphatic carbocycles. The van der Waals surface area contributed by atoms with Crippen LogP contribution in [0.25, 0.3) is 0 Å². The summed E-state index contributed by atoms with van der Waals surface area (Å²) in [5.41, 5.74) is 5.99. The zero-order valence-corrected chi connectivity index (χ0v) is 12.9. The highest BCUT2D eigenvalue weighted by Crippen LogP contribution is 2.31. The molecule has 0 amide bonds. The van der Waals surface area contributed by atoms with E-state index in [4.69, 9.17) is 28.9 Å². The zero-order valence-electron chi connectivity index (χ0n) is 11.4. The number of Topliss-reactive ketones (excluding diaryl/α,β-unsaturated/α-hetero) is 1. The first-order chi connectivity index (χ1) is 9.34. The van der Waals surface area contributed by atoms with E-state index in [2.05, 4.69) is 4.74 Å². The summed E-state index contributed by atoms with van der Waals surface area (Å²) in [6.45, 7) is 3.64. The van der Waals surface area contributed by atoms with Gasteiger partial charge >= 0.3 is 5.97 Å². The van der Waals surface area contributed by atoms with E-state index in [1.807, 2.05) is 13.8 Å². The first kappa shape index (κ1) is 16.5. The molecule has 2 N–H and O–H groups in total. The van der Waals surface area contributed by atoms with E-state index >= 15 is 0 Å². The van der Waals surface area contributed by atoms with Gasteiger partial charge in [-0.15, -0.1) is 0 Å². The first-order valence-corrected chi connectivity index (χ1v) is 6.63. The fourth-order valence-corrected chi connectivity index (χ4v) is 2.32. The van der Waals surface area contributed by atoms with Crippen molar-refractivity contribution in [2.24, 2.45) is 11.7 Å². The van der Waals surface area contributed by atoms with E-state index in [0.717, 1.165) is 0 Å². The number of methoxy groups -OCH3 is 1. The molecular weight excluding hydrogens is 301 g/mol. The number of allylic oxidation sites excluding steroid dienone is 1. The molecule has 0 unspecified atom stereocenters. The molecule has 0 spiro atoms. The van der Waals surface area contributed by atoms with Crippen molar-refractivity contribution in [1.82, 2.24) is 0 Å². The molecule has 4 nitrogen and oxygen atoms in total. The van der Waals surface area contributed by atoms with E-state index < -0.39 is 11.8 Å². The average Bonchev–Trinajstić information content (AvgIpc) is 2.38. The minimum Gasteiger partial charge on any atom is -0.465 e. The van der Waals surface area contributed by atoms with Gasteiger partial charge in [0.1, 0.15) is 0 Å². The van der Waals surface area contributed by atoms with Gasteiger partial charge in [-0.2, -0.15) is 0 Å². The molecule has 6 heteroatoms. The number of rotatable bonds is 4. The van der Waals surface area contributed by atoms with Gasteiger partial charge < -0.3 is 10.5 Å². The van der Waals surface area contributed by atoms with Crippen LogP contribution in [0, 0.1) is 5.92 Å². The molecular formula is C14H15Cl2NO3. The lowest BCUT2D eigenvalue weighted by atomic mass is 9.94. The minimum absolute atomic E-state index is 0.0330. The lowest BCUT2D eigenvalue weighted by Gasteiger charge is -2.13. The maximum Gasteiger partial charge on any atom is 0.339 e. The van der Waals surface area contributed by atoms with Crippen LogP contribution in [0.3, 0.4) is 0 Å². The van der Waals surface area contributed by atoms with Crippen LogP contribution < -0.4 is 5.73 Å². The summed E-state index contributed by atoms with van der Waals surface area (Å²) in [6.07, 6.45) is 1.23. The number of carbonyl (C=O) groups excluding carboxylic acids is 2. The Balaban J connectivity index is 3.45. The summed E-state index contributed by atoms with van der Waals surface area (Å²) in [5.74, 6) is -1.13. The van der Waals surface area contributed by atoms with Crippen molar-refractivity contribution in [2.45, 2.75) is 13.8 Å². The molecule has 0 bridgehead atoms. The Bertz CT molecular complexity index is 580. The smallest absolute Gasteiger partial charge is 0.339 e. The van der Waals surface area contributed by atoms with E-state index in [0.29, 0.717) is 5.57 Å². The van der Waals surface area contributed by atoms with Crippen LogP contribution in [0.2, 0.25) is 10.0 Å². The van der Waals surface area contributed by atoms with Gasteiger partial charge in [0.15, 0.2) is 5.78 Å². The first-order valence-electron chi connectivity index (χ1n) is 5.87. The molecule has 0 saturated carbocycles. The van der Waals surface area contributed by atoms with E-state index in [1.54, 1.807) is 0 Å². The third kappa shape index (κ3) is 3.14. The summed E-state index contributed by atoms with van der Waals surface area (Å²) >= 11 is 12.1. The van der Waals surface area contributed by atoms with Gasteiger partial charge in [-0.25, -0.2) is 4.79 Å². The zero-order chi connectivity index (χ0) is 15.4. The molecule has 0 aliphatic heterocycles. The Hall–Kier alpha value is -1.52. The van der Waals surface area contributed by atoms with Crippen LogP contribution in [-0.4, -0.2) is 18.9 Å². The molecule has 0 atom stereocenters. The van der Waals surface area contributed by atoms with Crippen molar-refractivity contribution < 1.29 is 14.3 Å². The lowest BCUT2D eigenvalue weighted by Crippen LogP contribution is -2.14. The van der Waals surface area contributed by atoms with Crippen LogP contribution in [0.4, 0.5) is 0 Å². The average molecular weight is 316 g/mol. The fraction of sp³-hybridized carbons (Fsp3) is 0.286. The third-order valence-corrected chi connectivity index (χ3v) is 3.49. The fourth-order valence-electron chi connectivity index (χ4n) is 1.70. The van der Waals surface area contributed by atoms with E-state index in [9.17, 15) is 9.59 Å². The predicted molar refractivity (Wildman–Crippen MR) is 79.2 cm³/mol. The summed E-state index contributed by atoms with van der Waals surface area (Å²) in [4.78, 5) is 24.0. The molecule has 20 heavy (non-hydrogen) atoms. The van der Waals surface area contributed by atoms with Crippen molar-refractivity contribution in [1.29, 1.82) is 0 Å². The molecule has 1 aromatic carbocycles. The van der Waals surface area contributed by atoms with Gasteiger partial charge in [0.05, 0.1) is 28.3 Å². The molecule has 1 rings (SSSR count). The Morgan fingerprint density at radius 1 is 1.30 bits per heavy atom. The highest BCUT2D eigenvalue weighted by molar-refractivity contribution is 6.42. The van der Waals surface area contributed by atoms with Crippen LogP contribution in [-0.2, 0) is 4.74 Å². The highest BCUT2D eigenvalue weighted by Gasteiger charge is 2.24. The molecule has 0 saturated heterocycles. The molecule has 0 heterocycles. The van der Waals surface area contributed by atoms with Crippen LogP contribution in [0.5, 0.6) is 0 Å². The Morgan fingerprint density at radius 3 is 2.35 bits per heavy atom. The second-order valence-corrected chi connectivity index (χ2v) is 5.17. The molecule has 0 aromatic heterocycles. The summed E-state index contributed by atoms with van der Waals surface area (Å²) in [7, 11) is 1.23. The maximum atomic E-state index is 12.5. The van der Waals surface area contributed by atoms with Crippen LogP contribution in [0.15, 0.2) is 23.9 Å². The number of ketones is 1. The topological polar surface area (TPSA) is 69.4 Å². The summed E-state index contributed by atoms with van der Waals surface area (Å²) in [5, 5.41) is 0.127.